The third-order valence-electron chi connectivity index (χ3n) is 5.03. The Morgan fingerprint density at radius 1 is 1.27 bits per heavy atom. The van der Waals surface area contributed by atoms with Crippen LogP contribution in [0.15, 0.2) is 30.3 Å². The highest BCUT2D eigenvalue weighted by atomic mass is 16.3. The van der Waals surface area contributed by atoms with Crippen LogP contribution in [0.2, 0.25) is 0 Å². The first-order chi connectivity index (χ1) is 10.5. The molecule has 0 radical (unpaired) electrons. The van der Waals surface area contributed by atoms with Crippen LogP contribution in [0.4, 0.5) is 0 Å². The minimum Gasteiger partial charge on any atom is -0.388 e. The summed E-state index contributed by atoms with van der Waals surface area (Å²) in [5, 5.41) is 18.7. The van der Waals surface area contributed by atoms with E-state index in [1.807, 2.05) is 42.1 Å². The van der Waals surface area contributed by atoms with Gasteiger partial charge in [0.05, 0.1) is 11.8 Å². The number of aliphatic hydroxyl groups excluding tert-OH is 1. The minimum atomic E-state index is -0.378. The summed E-state index contributed by atoms with van der Waals surface area (Å²) >= 11 is 0. The minimum absolute atomic E-state index is 0.00533. The van der Waals surface area contributed by atoms with Crippen molar-refractivity contribution in [2.45, 2.75) is 39.3 Å². The fraction of sp³-hybridized carbons (Fsp3) is 0.500. The molecule has 1 aliphatic carbocycles. The predicted molar refractivity (Wildman–Crippen MR) is 87.5 cm³/mol. The Kier molecular flexibility index (Phi) is 4.06. The highest BCUT2D eigenvalue weighted by Crippen LogP contribution is 2.54. The standard InChI is InChI=1S/C18H25N3O/c1-13-16(14(2)21(3)20-13)11-19-12-18(9-10-18)17(22)15-7-5-4-6-8-15/h4-8,17,19,22H,9-12H2,1-3H3. The van der Waals surface area contributed by atoms with Gasteiger partial charge in [0.1, 0.15) is 0 Å². The average Bonchev–Trinajstić information content (AvgIpc) is 3.27. The van der Waals surface area contributed by atoms with Gasteiger partial charge in [0.15, 0.2) is 0 Å². The zero-order valence-corrected chi connectivity index (χ0v) is 13.6. The zero-order chi connectivity index (χ0) is 15.7. The van der Waals surface area contributed by atoms with Gasteiger partial charge in [0, 0.05) is 36.8 Å². The number of nitrogens with one attached hydrogen (secondary N) is 1. The van der Waals surface area contributed by atoms with Crippen molar-refractivity contribution in [1.82, 2.24) is 15.1 Å². The van der Waals surface area contributed by atoms with Gasteiger partial charge < -0.3 is 10.4 Å². The zero-order valence-electron chi connectivity index (χ0n) is 13.6. The van der Waals surface area contributed by atoms with Crippen LogP contribution in [0.1, 0.15) is 41.5 Å². The lowest BCUT2D eigenvalue weighted by Crippen LogP contribution is -2.28. The molecular weight excluding hydrogens is 274 g/mol. The van der Waals surface area contributed by atoms with E-state index >= 15 is 0 Å². The lowest BCUT2D eigenvalue weighted by Gasteiger charge is -2.23. The van der Waals surface area contributed by atoms with Crippen molar-refractivity contribution in [2.24, 2.45) is 12.5 Å². The number of hydrogen-bond donors (Lipinski definition) is 2. The quantitative estimate of drug-likeness (QED) is 0.862. The number of aliphatic hydroxyl groups is 1. The summed E-state index contributed by atoms with van der Waals surface area (Å²) in [6.07, 6.45) is 1.79. The van der Waals surface area contributed by atoms with Gasteiger partial charge in [0.2, 0.25) is 0 Å². The van der Waals surface area contributed by atoms with Crippen molar-refractivity contribution < 1.29 is 5.11 Å². The molecule has 2 aromatic rings. The van der Waals surface area contributed by atoms with Crippen LogP contribution in [-0.2, 0) is 13.6 Å². The van der Waals surface area contributed by atoms with Crippen LogP contribution in [0.5, 0.6) is 0 Å². The molecule has 3 rings (SSSR count). The topological polar surface area (TPSA) is 50.1 Å². The normalized spacial score (nSPS) is 17.5. The second-order valence-electron chi connectivity index (χ2n) is 6.55. The fourth-order valence-electron chi connectivity index (χ4n) is 3.21. The molecule has 1 heterocycles. The SMILES string of the molecule is Cc1nn(C)c(C)c1CNCC1(C(O)c2ccccc2)CC1. The van der Waals surface area contributed by atoms with Gasteiger partial charge in [-0.1, -0.05) is 30.3 Å². The van der Waals surface area contributed by atoms with Crippen molar-refractivity contribution in [3.05, 3.63) is 52.8 Å². The molecule has 0 aliphatic heterocycles. The molecule has 4 nitrogen and oxygen atoms in total. The number of hydrogen-bond acceptors (Lipinski definition) is 3. The Hall–Kier alpha value is -1.65. The molecular formula is C18H25N3O. The summed E-state index contributed by atoms with van der Waals surface area (Å²) in [6.45, 7) is 5.81. The Morgan fingerprint density at radius 3 is 2.50 bits per heavy atom. The number of benzene rings is 1. The number of nitrogens with zero attached hydrogens (tertiary/aromatic N) is 2. The molecule has 0 spiro atoms. The highest BCUT2D eigenvalue weighted by Gasteiger charge is 2.48. The summed E-state index contributed by atoms with van der Waals surface area (Å²) in [5.74, 6) is 0. The Bertz CT molecular complexity index is 644. The van der Waals surface area contributed by atoms with Crippen molar-refractivity contribution >= 4 is 0 Å². The van der Waals surface area contributed by atoms with Gasteiger partial charge >= 0.3 is 0 Å². The van der Waals surface area contributed by atoms with Gasteiger partial charge in [-0.05, 0) is 32.3 Å². The van der Waals surface area contributed by atoms with E-state index in [4.69, 9.17) is 0 Å². The predicted octanol–water partition coefficient (Wildman–Crippen LogP) is 2.64. The number of rotatable bonds is 6. The Morgan fingerprint density at radius 2 is 1.95 bits per heavy atom. The van der Waals surface area contributed by atoms with E-state index in [-0.39, 0.29) is 11.5 Å². The summed E-state index contributed by atoms with van der Waals surface area (Å²) in [6, 6.07) is 10.00. The molecule has 0 saturated heterocycles. The molecule has 0 amide bonds. The van der Waals surface area contributed by atoms with Gasteiger partial charge in [-0.25, -0.2) is 0 Å². The van der Waals surface area contributed by atoms with Gasteiger partial charge in [-0.15, -0.1) is 0 Å². The summed E-state index contributed by atoms with van der Waals surface area (Å²) in [4.78, 5) is 0. The average molecular weight is 299 g/mol. The van der Waals surface area contributed by atoms with Crippen LogP contribution in [-0.4, -0.2) is 21.4 Å². The van der Waals surface area contributed by atoms with E-state index in [0.717, 1.165) is 37.2 Å². The monoisotopic (exact) mass is 299 g/mol. The molecule has 1 aromatic heterocycles. The highest BCUT2D eigenvalue weighted by molar-refractivity contribution is 5.25. The molecule has 1 atom stereocenters. The first-order valence-corrected chi connectivity index (χ1v) is 7.96. The van der Waals surface area contributed by atoms with E-state index in [1.165, 1.54) is 11.3 Å². The second kappa shape index (κ2) is 5.86. The lowest BCUT2D eigenvalue weighted by atomic mass is 9.92. The molecule has 2 N–H and O–H groups in total. The summed E-state index contributed by atoms with van der Waals surface area (Å²) in [5.41, 5.74) is 4.59. The molecule has 1 aliphatic rings. The first-order valence-electron chi connectivity index (χ1n) is 7.96. The molecule has 0 bridgehead atoms. The largest absolute Gasteiger partial charge is 0.388 e. The van der Waals surface area contributed by atoms with Crippen molar-refractivity contribution in [3.8, 4) is 0 Å². The Balaban J connectivity index is 1.62. The van der Waals surface area contributed by atoms with E-state index in [9.17, 15) is 5.11 Å². The summed E-state index contributed by atoms with van der Waals surface area (Å²) < 4.78 is 1.93. The van der Waals surface area contributed by atoms with Gasteiger partial charge in [-0.3, -0.25) is 4.68 Å². The lowest BCUT2D eigenvalue weighted by molar-refractivity contribution is 0.0917. The van der Waals surface area contributed by atoms with Gasteiger partial charge in [-0.2, -0.15) is 5.10 Å². The van der Waals surface area contributed by atoms with E-state index < -0.39 is 0 Å². The first kappa shape index (κ1) is 15.3. The van der Waals surface area contributed by atoms with E-state index in [2.05, 4.69) is 24.3 Å². The van der Waals surface area contributed by atoms with Crippen LogP contribution in [0, 0.1) is 19.3 Å². The number of aryl methyl sites for hydroxylation is 2. The van der Waals surface area contributed by atoms with Crippen LogP contribution < -0.4 is 5.32 Å². The molecule has 1 fully saturated rings. The van der Waals surface area contributed by atoms with Crippen molar-refractivity contribution in [3.63, 3.8) is 0 Å². The summed E-state index contributed by atoms with van der Waals surface area (Å²) in [7, 11) is 1.98. The molecule has 118 valence electrons. The third kappa shape index (κ3) is 2.81. The molecule has 1 saturated carbocycles. The maximum atomic E-state index is 10.7. The second-order valence-corrected chi connectivity index (χ2v) is 6.55. The van der Waals surface area contributed by atoms with Crippen molar-refractivity contribution in [2.75, 3.05) is 6.54 Å². The third-order valence-corrected chi connectivity index (χ3v) is 5.03. The van der Waals surface area contributed by atoms with Crippen LogP contribution in [0.25, 0.3) is 0 Å². The number of aromatic nitrogens is 2. The fourth-order valence-corrected chi connectivity index (χ4v) is 3.21. The molecule has 4 heteroatoms. The van der Waals surface area contributed by atoms with Crippen LogP contribution in [0.3, 0.4) is 0 Å². The molecule has 1 aromatic carbocycles. The van der Waals surface area contributed by atoms with E-state index in [0.29, 0.717) is 0 Å². The maximum absolute atomic E-state index is 10.7. The molecule has 22 heavy (non-hydrogen) atoms. The van der Waals surface area contributed by atoms with Gasteiger partial charge in [0.25, 0.3) is 0 Å². The Labute approximate surface area is 132 Å². The van der Waals surface area contributed by atoms with Crippen molar-refractivity contribution in [1.29, 1.82) is 0 Å². The molecule has 1 unspecified atom stereocenters. The maximum Gasteiger partial charge on any atom is 0.0858 e. The van der Waals surface area contributed by atoms with Crippen LogP contribution >= 0.6 is 0 Å². The smallest absolute Gasteiger partial charge is 0.0858 e. The van der Waals surface area contributed by atoms with E-state index in [1.54, 1.807) is 0 Å².